The molecule has 0 spiro atoms. The van der Waals surface area contributed by atoms with Crippen LogP contribution >= 0.6 is 0 Å². The van der Waals surface area contributed by atoms with Gasteiger partial charge in [-0.25, -0.2) is 10.9 Å². The van der Waals surface area contributed by atoms with Gasteiger partial charge in [-0.1, -0.05) is 12.1 Å². The minimum Gasteiger partial charge on any atom is -0.273 e. The predicted octanol–water partition coefficient (Wildman–Crippen LogP) is 0.311. The molecule has 0 saturated carbocycles. The molecule has 1 aliphatic rings. The number of nitro groups is 1. The maximum Gasteiger partial charge on any atom is 0.270 e. The highest BCUT2D eigenvalue weighted by molar-refractivity contribution is 6.11. The van der Waals surface area contributed by atoms with E-state index < -0.39 is 10.8 Å². The quantitative estimate of drug-likeness (QED) is 0.459. The Balaban J connectivity index is 1.87. The van der Waals surface area contributed by atoms with E-state index in [9.17, 15) is 19.7 Å². The van der Waals surface area contributed by atoms with Gasteiger partial charge in [0.15, 0.2) is 0 Å². The Morgan fingerprint density at radius 1 is 1.57 bits per heavy atom. The topological polar surface area (TPSA) is 126 Å². The lowest BCUT2D eigenvalue weighted by atomic mass is 10.2. The summed E-state index contributed by atoms with van der Waals surface area (Å²) in [6.07, 6.45) is 1.36. The number of benzene rings is 1. The molecule has 0 atom stereocenters. The minimum atomic E-state index is -0.516. The van der Waals surface area contributed by atoms with Crippen molar-refractivity contribution in [2.75, 3.05) is 0 Å². The molecular formula is C12H11N5O4. The standard InChI is InChI=1S/C12H11N5O4/c18-11(5-9-6-12(19)16-14-9)15-13-7-8-2-1-3-10(4-8)17(20)21/h1-4,7H,5-6H2,(H,15,18)(H,16,19)/b13-7-. The zero-order valence-corrected chi connectivity index (χ0v) is 10.8. The van der Waals surface area contributed by atoms with Gasteiger partial charge in [0.2, 0.25) is 11.8 Å². The Morgan fingerprint density at radius 3 is 3.05 bits per heavy atom. The number of carbonyl (C=O) groups excluding carboxylic acids is 2. The van der Waals surface area contributed by atoms with Crippen LogP contribution < -0.4 is 10.9 Å². The van der Waals surface area contributed by atoms with Gasteiger partial charge in [0.25, 0.3) is 5.69 Å². The number of nitrogens with zero attached hydrogens (tertiary/aromatic N) is 3. The number of hydrogen-bond donors (Lipinski definition) is 2. The average Bonchev–Trinajstić information content (AvgIpc) is 2.84. The second-order valence-electron chi connectivity index (χ2n) is 4.21. The van der Waals surface area contributed by atoms with Crippen LogP contribution in [-0.4, -0.2) is 28.7 Å². The van der Waals surface area contributed by atoms with E-state index in [0.29, 0.717) is 11.3 Å². The maximum atomic E-state index is 11.5. The van der Waals surface area contributed by atoms with Crippen molar-refractivity contribution in [2.45, 2.75) is 12.8 Å². The lowest BCUT2D eigenvalue weighted by Gasteiger charge is -1.98. The van der Waals surface area contributed by atoms with Gasteiger partial charge in [-0.3, -0.25) is 19.7 Å². The molecule has 2 N–H and O–H groups in total. The zero-order valence-electron chi connectivity index (χ0n) is 10.8. The van der Waals surface area contributed by atoms with Crippen molar-refractivity contribution >= 4 is 29.4 Å². The number of hydrazone groups is 2. The van der Waals surface area contributed by atoms with E-state index in [1.54, 1.807) is 6.07 Å². The van der Waals surface area contributed by atoms with Gasteiger partial charge in [0, 0.05) is 17.7 Å². The number of nitrogens with one attached hydrogen (secondary N) is 2. The van der Waals surface area contributed by atoms with Crippen LogP contribution in [0.3, 0.4) is 0 Å². The van der Waals surface area contributed by atoms with Crippen molar-refractivity contribution in [2.24, 2.45) is 10.2 Å². The molecule has 2 rings (SSSR count). The number of amides is 2. The van der Waals surface area contributed by atoms with Crippen molar-refractivity contribution in [1.82, 2.24) is 10.9 Å². The molecular weight excluding hydrogens is 278 g/mol. The van der Waals surface area contributed by atoms with Crippen molar-refractivity contribution < 1.29 is 14.5 Å². The van der Waals surface area contributed by atoms with E-state index >= 15 is 0 Å². The zero-order chi connectivity index (χ0) is 15.2. The van der Waals surface area contributed by atoms with Crippen LogP contribution in [-0.2, 0) is 9.59 Å². The molecule has 0 saturated heterocycles. The lowest BCUT2D eigenvalue weighted by molar-refractivity contribution is -0.384. The van der Waals surface area contributed by atoms with Gasteiger partial charge < -0.3 is 0 Å². The summed E-state index contributed by atoms with van der Waals surface area (Å²) in [6, 6.07) is 5.83. The molecule has 0 radical (unpaired) electrons. The highest BCUT2D eigenvalue weighted by Gasteiger charge is 2.16. The molecule has 1 aromatic rings. The second kappa shape index (κ2) is 6.37. The molecule has 2 amide bonds. The van der Waals surface area contributed by atoms with Crippen molar-refractivity contribution in [3.05, 3.63) is 39.9 Å². The Morgan fingerprint density at radius 2 is 2.38 bits per heavy atom. The summed E-state index contributed by atoms with van der Waals surface area (Å²) in [4.78, 5) is 32.5. The van der Waals surface area contributed by atoms with Gasteiger partial charge in [-0.15, -0.1) is 0 Å². The molecule has 0 aliphatic carbocycles. The smallest absolute Gasteiger partial charge is 0.270 e. The SMILES string of the molecule is O=C1CC(CC(=O)N/N=C\c2cccc([N+](=O)[O-])c2)=NN1. The van der Waals surface area contributed by atoms with Crippen LogP contribution in [0.25, 0.3) is 0 Å². The molecule has 0 bridgehead atoms. The molecule has 9 nitrogen and oxygen atoms in total. The van der Waals surface area contributed by atoms with E-state index in [1.165, 1.54) is 24.4 Å². The fourth-order valence-corrected chi connectivity index (χ4v) is 1.63. The predicted molar refractivity (Wildman–Crippen MR) is 73.6 cm³/mol. The molecule has 1 heterocycles. The number of carbonyl (C=O) groups is 2. The Kier molecular flexibility index (Phi) is 4.34. The maximum absolute atomic E-state index is 11.5. The molecule has 108 valence electrons. The Bertz CT molecular complexity index is 653. The lowest BCUT2D eigenvalue weighted by Crippen LogP contribution is -2.20. The highest BCUT2D eigenvalue weighted by Crippen LogP contribution is 2.11. The van der Waals surface area contributed by atoms with Gasteiger partial charge >= 0.3 is 0 Å². The first-order valence-electron chi connectivity index (χ1n) is 5.95. The third-order valence-corrected chi connectivity index (χ3v) is 2.55. The number of rotatable bonds is 5. The van der Waals surface area contributed by atoms with E-state index in [0.717, 1.165) is 0 Å². The van der Waals surface area contributed by atoms with Crippen LogP contribution in [0.15, 0.2) is 34.5 Å². The van der Waals surface area contributed by atoms with Crippen LogP contribution in [0.4, 0.5) is 5.69 Å². The molecule has 1 aliphatic heterocycles. The summed E-state index contributed by atoms with van der Waals surface area (Å²) in [5.74, 6) is -0.676. The summed E-state index contributed by atoms with van der Waals surface area (Å²) in [5, 5.41) is 18.0. The normalized spacial score (nSPS) is 13.9. The van der Waals surface area contributed by atoms with Crippen molar-refractivity contribution in [3.8, 4) is 0 Å². The summed E-state index contributed by atoms with van der Waals surface area (Å²) in [5.41, 5.74) is 5.36. The van der Waals surface area contributed by atoms with Crippen molar-refractivity contribution in [3.63, 3.8) is 0 Å². The summed E-state index contributed by atoms with van der Waals surface area (Å²) >= 11 is 0. The Labute approximate surface area is 118 Å². The number of nitro benzene ring substituents is 1. The molecule has 21 heavy (non-hydrogen) atoms. The number of hydrogen-bond acceptors (Lipinski definition) is 6. The fourth-order valence-electron chi connectivity index (χ4n) is 1.63. The minimum absolute atomic E-state index is 0.0367. The molecule has 9 heteroatoms. The third-order valence-electron chi connectivity index (χ3n) is 2.55. The van der Waals surface area contributed by atoms with E-state index in [-0.39, 0.29) is 24.4 Å². The van der Waals surface area contributed by atoms with E-state index in [1.807, 2.05) is 0 Å². The first-order chi connectivity index (χ1) is 10.0. The van der Waals surface area contributed by atoms with Crippen molar-refractivity contribution in [1.29, 1.82) is 0 Å². The molecule has 0 aromatic heterocycles. The highest BCUT2D eigenvalue weighted by atomic mass is 16.6. The second-order valence-corrected chi connectivity index (χ2v) is 4.21. The summed E-state index contributed by atoms with van der Waals surface area (Å²) in [6.45, 7) is 0. The first-order valence-corrected chi connectivity index (χ1v) is 5.95. The van der Waals surface area contributed by atoms with E-state index in [2.05, 4.69) is 21.1 Å². The van der Waals surface area contributed by atoms with Crippen LogP contribution in [0.1, 0.15) is 18.4 Å². The van der Waals surface area contributed by atoms with Crippen LogP contribution in [0.2, 0.25) is 0 Å². The number of non-ortho nitro benzene ring substituents is 1. The molecule has 0 unspecified atom stereocenters. The van der Waals surface area contributed by atoms with Gasteiger partial charge in [-0.2, -0.15) is 10.2 Å². The Hall–Kier alpha value is -3.10. The largest absolute Gasteiger partial charge is 0.273 e. The van der Waals surface area contributed by atoms with Gasteiger partial charge in [0.05, 0.1) is 29.7 Å². The monoisotopic (exact) mass is 289 g/mol. The average molecular weight is 289 g/mol. The third kappa shape index (κ3) is 4.20. The summed E-state index contributed by atoms with van der Waals surface area (Å²) < 4.78 is 0. The molecule has 1 aromatic carbocycles. The van der Waals surface area contributed by atoms with Crippen LogP contribution in [0.5, 0.6) is 0 Å². The first kappa shape index (κ1) is 14.3. The fraction of sp³-hybridized carbons (Fsp3) is 0.167. The summed E-state index contributed by atoms with van der Waals surface area (Å²) in [7, 11) is 0. The van der Waals surface area contributed by atoms with Gasteiger partial charge in [-0.05, 0) is 0 Å². The van der Waals surface area contributed by atoms with Gasteiger partial charge in [0.1, 0.15) is 0 Å². The van der Waals surface area contributed by atoms with Crippen LogP contribution in [0, 0.1) is 10.1 Å². The van der Waals surface area contributed by atoms with E-state index in [4.69, 9.17) is 0 Å². The molecule has 0 fully saturated rings.